The molecule has 0 bridgehead atoms. The van der Waals surface area contributed by atoms with Crippen molar-refractivity contribution in [3.63, 3.8) is 0 Å². The molecule has 0 aliphatic carbocycles. The van der Waals surface area contributed by atoms with Crippen molar-refractivity contribution in [3.8, 4) is 0 Å². The summed E-state index contributed by atoms with van der Waals surface area (Å²) in [7, 11) is -4.07. The zero-order chi connectivity index (χ0) is 28.4. The third-order valence-corrected chi connectivity index (χ3v) is 8.42. The van der Waals surface area contributed by atoms with Gasteiger partial charge in [-0.1, -0.05) is 80.1 Å². The average molecular weight is 550 g/mol. The van der Waals surface area contributed by atoms with Gasteiger partial charge in [0.05, 0.1) is 10.6 Å². The van der Waals surface area contributed by atoms with Crippen molar-refractivity contribution in [2.45, 2.75) is 57.9 Å². The summed E-state index contributed by atoms with van der Waals surface area (Å²) < 4.78 is 29.0. The number of benzene rings is 3. The summed E-state index contributed by atoms with van der Waals surface area (Å²) in [6, 6.07) is 22.6. The molecule has 3 aromatic carbocycles. The van der Waals surface area contributed by atoms with E-state index in [1.807, 2.05) is 70.2 Å². The smallest absolute Gasteiger partial charge is 0.264 e. The van der Waals surface area contributed by atoms with Crippen LogP contribution in [0.25, 0.3) is 0 Å². The van der Waals surface area contributed by atoms with Gasteiger partial charge in [-0.25, -0.2) is 8.42 Å². The SMILES string of the molecule is CCCNC(=O)C(CC)N(CCc1ccccc1)C(=O)CN(c1ccc(C)cc1C)S(=O)(=O)c1ccccc1. The van der Waals surface area contributed by atoms with Crippen molar-refractivity contribution in [2.75, 3.05) is 23.9 Å². The monoisotopic (exact) mass is 549 g/mol. The molecule has 0 saturated carbocycles. The largest absolute Gasteiger partial charge is 0.354 e. The molecule has 1 N–H and O–H groups in total. The maximum absolute atomic E-state index is 14.0. The Hall–Kier alpha value is -3.65. The minimum atomic E-state index is -4.07. The summed E-state index contributed by atoms with van der Waals surface area (Å²) in [4.78, 5) is 28.8. The van der Waals surface area contributed by atoms with Gasteiger partial charge < -0.3 is 10.2 Å². The number of aryl methyl sites for hydroxylation is 2. The van der Waals surface area contributed by atoms with Crippen LogP contribution in [0.5, 0.6) is 0 Å². The second kappa shape index (κ2) is 13.9. The number of amides is 2. The Kier molecular flexibility index (Phi) is 10.7. The number of nitrogens with zero attached hydrogens (tertiary/aromatic N) is 2. The van der Waals surface area contributed by atoms with Crippen molar-refractivity contribution in [3.05, 3.63) is 95.6 Å². The first-order valence-electron chi connectivity index (χ1n) is 13.4. The maximum Gasteiger partial charge on any atom is 0.264 e. The summed E-state index contributed by atoms with van der Waals surface area (Å²) in [6.07, 6.45) is 1.72. The van der Waals surface area contributed by atoms with Gasteiger partial charge in [-0.15, -0.1) is 0 Å². The van der Waals surface area contributed by atoms with Gasteiger partial charge in [0.2, 0.25) is 11.8 Å². The third-order valence-electron chi connectivity index (χ3n) is 6.65. The van der Waals surface area contributed by atoms with Crippen molar-refractivity contribution >= 4 is 27.5 Å². The van der Waals surface area contributed by atoms with Crippen LogP contribution in [0.2, 0.25) is 0 Å². The van der Waals surface area contributed by atoms with Gasteiger partial charge in [0, 0.05) is 13.1 Å². The van der Waals surface area contributed by atoms with Gasteiger partial charge in [0.25, 0.3) is 10.0 Å². The fraction of sp³-hybridized carbons (Fsp3) is 0.355. The Balaban J connectivity index is 2.02. The molecule has 0 radical (unpaired) electrons. The highest BCUT2D eigenvalue weighted by Gasteiger charge is 2.33. The van der Waals surface area contributed by atoms with E-state index in [1.54, 1.807) is 24.3 Å². The summed E-state index contributed by atoms with van der Waals surface area (Å²) in [5, 5.41) is 2.91. The van der Waals surface area contributed by atoms with Crippen LogP contribution in [0, 0.1) is 13.8 Å². The molecule has 0 saturated heterocycles. The normalized spacial score (nSPS) is 12.0. The van der Waals surface area contributed by atoms with Crippen LogP contribution in [-0.4, -0.2) is 50.8 Å². The predicted octanol–water partition coefficient (Wildman–Crippen LogP) is 4.87. The van der Waals surface area contributed by atoms with Crippen LogP contribution in [0.3, 0.4) is 0 Å². The average Bonchev–Trinajstić information content (AvgIpc) is 2.94. The molecule has 39 heavy (non-hydrogen) atoms. The van der Waals surface area contributed by atoms with E-state index in [2.05, 4.69) is 5.32 Å². The maximum atomic E-state index is 14.0. The summed E-state index contributed by atoms with van der Waals surface area (Å²) in [5.74, 6) is -0.659. The number of carbonyl (C=O) groups is 2. The molecule has 2 amide bonds. The van der Waals surface area contributed by atoms with E-state index < -0.39 is 28.5 Å². The van der Waals surface area contributed by atoms with Gasteiger partial charge in [-0.05, 0) is 62.4 Å². The number of carbonyl (C=O) groups excluding carboxylic acids is 2. The highest BCUT2D eigenvalue weighted by Crippen LogP contribution is 2.28. The Bertz CT molecular complexity index is 1340. The molecule has 3 aromatic rings. The first kappa shape index (κ1) is 29.9. The second-order valence-electron chi connectivity index (χ2n) is 9.65. The molecule has 0 fully saturated rings. The van der Waals surface area contributed by atoms with E-state index in [9.17, 15) is 18.0 Å². The van der Waals surface area contributed by atoms with E-state index >= 15 is 0 Å². The highest BCUT2D eigenvalue weighted by molar-refractivity contribution is 7.92. The van der Waals surface area contributed by atoms with Crippen molar-refractivity contribution in [2.24, 2.45) is 0 Å². The second-order valence-corrected chi connectivity index (χ2v) is 11.5. The lowest BCUT2D eigenvalue weighted by Crippen LogP contribution is -2.53. The summed E-state index contributed by atoms with van der Waals surface area (Å²) in [6.45, 7) is 7.97. The minimum Gasteiger partial charge on any atom is -0.354 e. The van der Waals surface area contributed by atoms with Gasteiger partial charge in [-0.3, -0.25) is 13.9 Å². The van der Waals surface area contributed by atoms with E-state index in [0.29, 0.717) is 25.1 Å². The van der Waals surface area contributed by atoms with E-state index in [1.165, 1.54) is 21.3 Å². The van der Waals surface area contributed by atoms with Gasteiger partial charge in [-0.2, -0.15) is 0 Å². The first-order chi connectivity index (χ1) is 18.7. The van der Waals surface area contributed by atoms with Crippen LogP contribution in [0.15, 0.2) is 83.8 Å². The molecule has 0 aliphatic heterocycles. The number of sulfonamides is 1. The van der Waals surface area contributed by atoms with E-state index in [4.69, 9.17) is 0 Å². The number of anilines is 1. The lowest BCUT2D eigenvalue weighted by Gasteiger charge is -2.33. The molecule has 1 unspecified atom stereocenters. The molecular formula is C31H39N3O4S. The molecule has 7 nitrogen and oxygen atoms in total. The van der Waals surface area contributed by atoms with Crippen molar-refractivity contribution in [1.82, 2.24) is 10.2 Å². The Labute approximate surface area is 232 Å². The first-order valence-corrected chi connectivity index (χ1v) is 14.9. The predicted molar refractivity (Wildman–Crippen MR) is 156 cm³/mol. The van der Waals surface area contributed by atoms with Crippen LogP contribution < -0.4 is 9.62 Å². The van der Waals surface area contributed by atoms with E-state index in [-0.39, 0.29) is 17.3 Å². The van der Waals surface area contributed by atoms with Crippen LogP contribution in [0.4, 0.5) is 5.69 Å². The zero-order valence-corrected chi connectivity index (χ0v) is 24.1. The van der Waals surface area contributed by atoms with Gasteiger partial charge in [0.1, 0.15) is 12.6 Å². The molecule has 8 heteroatoms. The lowest BCUT2D eigenvalue weighted by atomic mass is 10.1. The highest BCUT2D eigenvalue weighted by atomic mass is 32.2. The number of rotatable bonds is 13. The van der Waals surface area contributed by atoms with Crippen molar-refractivity contribution < 1.29 is 18.0 Å². The fourth-order valence-corrected chi connectivity index (χ4v) is 6.08. The van der Waals surface area contributed by atoms with Crippen LogP contribution in [0.1, 0.15) is 43.4 Å². The molecular weight excluding hydrogens is 510 g/mol. The Morgan fingerprint density at radius 3 is 2.13 bits per heavy atom. The van der Waals surface area contributed by atoms with Crippen molar-refractivity contribution in [1.29, 1.82) is 0 Å². The number of hydrogen-bond donors (Lipinski definition) is 1. The zero-order valence-electron chi connectivity index (χ0n) is 23.3. The Morgan fingerprint density at radius 2 is 1.54 bits per heavy atom. The van der Waals surface area contributed by atoms with Crippen LogP contribution in [-0.2, 0) is 26.0 Å². The van der Waals surface area contributed by atoms with E-state index in [0.717, 1.165) is 23.1 Å². The van der Waals surface area contributed by atoms with Crippen LogP contribution >= 0.6 is 0 Å². The number of hydrogen-bond acceptors (Lipinski definition) is 4. The summed E-state index contributed by atoms with van der Waals surface area (Å²) >= 11 is 0. The fourth-order valence-electron chi connectivity index (χ4n) is 4.58. The molecule has 208 valence electrons. The number of nitrogens with one attached hydrogen (secondary N) is 1. The molecule has 1 atom stereocenters. The molecule has 0 heterocycles. The molecule has 3 rings (SSSR count). The lowest BCUT2D eigenvalue weighted by molar-refractivity contribution is -0.139. The standard InChI is InChI=1S/C31H39N3O4S/c1-5-20-32-31(36)28(6-2)33(21-19-26-13-9-7-10-14-26)30(35)23-34(29-18-17-24(3)22-25(29)4)39(37,38)27-15-11-8-12-16-27/h7-18,22,28H,5-6,19-21,23H2,1-4H3,(H,32,36). The topological polar surface area (TPSA) is 86.8 Å². The molecule has 0 aromatic heterocycles. The molecule has 0 aliphatic rings. The molecule has 0 spiro atoms. The minimum absolute atomic E-state index is 0.0985. The quantitative estimate of drug-likeness (QED) is 0.329. The summed E-state index contributed by atoms with van der Waals surface area (Å²) in [5.41, 5.74) is 3.19. The Morgan fingerprint density at radius 1 is 0.897 bits per heavy atom. The third kappa shape index (κ3) is 7.69. The van der Waals surface area contributed by atoms with Gasteiger partial charge in [0.15, 0.2) is 0 Å². The van der Waals surface area contributed by atoms with Gasteiger partial charge >= 0.3 is 0 Å².